The molecule has 0 unspecified atom stereocenters. The SMILES string of the molecule is O=C(CNC1CCCC1)N1CCSc2ccccc21. The summed E-state index contributed by atoms with van der Waals surface area (Å²) in [7, 11) is 0. The van der Waals surface area contributed by atoms with Crippen molar-refractivity contribution in [3.63, 3.8) is 0 Å². The minimum absolute atomic E-state index is 0.208. The molecule has 0 atom stereocenters. The first-order valence-electron chi connectivity index (χ1n) is 7.10. The van der Waals surface area contributed by atoms with Gasteiger partial charge in [0, 0.05) is 23.2 Å². The van der Waals surface area contributed by atoms with E-state index in [0.717, 1.165) is 18.0 Å². The van der Waals surface area contributed by atoms with E-state index in [1.165, 1.54) is 30.6 Å². The van der Waals surface area contributed by atoms with Crippen molar-refractivity contribution in [3.05, 3.63) is 24.3 Å². The smallest absolute Gasteiger partial charge is 0.241 e. The van der Waals surface area contributed by atoms with Crippen molar-refractivity contribution in [2.45, 2.75) is 36.6 Å². The minimum Gasteiger partial charge on any atom is -0.309 e. The van der Waals surface area contributed by atoms with Crippen LogP contribution >= 0.6 is 11.8 Å². The highest BCUT2D eigenvalue weighted by molar-refractivity contribution is 7.99. The van der Waals surface area contributed by atoms with Crippen molar-refractivity contribution in [3.8, 4) is 0 Å². The highest BCUT2D eigenvalue weighted by atomic mass is 32.2. The van der Waals surface area contributed by atoms with Crippen LogP contribution in [0.3, 0.4) is 0 Å². The molecule has 1 aliphatic heterocycles. The molecule has 1 heterocycles. The molecule has 1 aliphatic carbocycles. The first-order valence-corrected chi connectivity index (χ1v) is 8.09. The lowest BCUT2D eigenvalue weighted by molar-refractivity contribution is -0.117. The Bertz CT molecular complexity index is 457. The molecule has 19 heavy (non-hydrogen) atoms. The van der Waals surface area contributed by atoms with Gasteiger partial charge in [-0.3, -0.25) is 4.79 Å². The Morgan fingerprint density at radius 2 is 2.11 bits per heavy atom. The van der Waals surface area contributed by atoms with Crippen LogP contribution in [0.15, 0.2) is 29.2 Å². The van der Waals surface area contributed by atoms with Crippen LogP contribution in [0.25, 0.3) is 0 Å². The number of amides is 1. The molecule has 1 aromatic rings. The Morgan fingerprint density at radius 1 is 1.32 bits per heavy atom. The van der Waals surface area contributed by atoms with Crippen molar-refractivity contribution >= 4 is 23.4 Å². The van der Waals surface area contributed by atoms with E-state index in [-0.39, 0.29) is 5.91 Å². The van der Waals surface area contributed by atoms with E-state index >= 15 is 0 Å². The molecule has 1 fully saturated rings. The fourth-order valence-electron chi connectivity index (χ4n) is 2.89. The van der Waals surface area contributed by atoms with Gasteiger partial charge in [0.2, 0.25) is 5.91 Å². The second-order valence-corrected chi connectivity index (χ2v) is 6.36. The number of carbonyl (C=O) groups excluding carboxylic acids is 1. The molecular weight excluding hydrogens is 256 g/mol. The maximum absolute atomic E-state index is 12.4. The summed E-state index contributed by atoms with van der Waals surface area (Å²) < 4.78 is 0. The van der Waals surface area contributed by atoms with Crippen molar-refractivity contribution in [1.82, 2.24) is 5.32 Å². The number of fused-ring (bicyclic) bond motifs is 1. The fraction of sp³-hybridized carbons (Fsp3) is 0.533. The van der Waals surface area contributed by atoms with E-state index in [1.807, 2.05) is 28.8 Å². The second kappa shape index (κ2) is 5.97. The summed E-state index contributed by atoms with van der Waals surface area (Å²) in [6.45, 7) is 1.30. The Labute approximate surface area is 118 Å². The average Bonchev–Trinajstić information content (AvgIpc) is 2.97. The average molecular weight is 276 g/mol. The molecule has 3 nitrogen and oxygen atoms in total. The Hall–Kier alpha value is -1.00. The number of rotatable bonds is 3. The predicted octanol–water partition coefficient (Wildman–Crippen LogP) is 2.66. The molecular formula is C15H20N2OS. The second-order valence-electron chi connectivity index (χ2n) is 5.22. The molecule has 1 saturated carbocycles. The largest absolute Gasteiger partial charge is 0.309 e. The Balaban J connectivity index is 1.64. The van der Waals surface area contributed by atoms with Gasteiger partial charge in [-0.05, 0) is 25.0 Å². The molecule has 2 aliphatic rings. The van der Waals surface area contributed by atoms with Crippen LogP contribution in [-0.2, 0) is 4.79 Å². The van der Waals surface area contributed by atoms with Gasteiger partial charge >= 0.3 is 0 Å². The van der Waals surface area contributed by atoms with Crippen LogP contribution < -0.4 is 10.2 Å². The summed E-state index contributed by atoms with van der Waals surface area (Å²) in [4.78, 5) is 15.5. The molecule has 0 radical (unpaired) electrons. The van der Waals surface area contributed by atoms with E-state index in [4.69, 9.17) is 0 Å². The Morgan fingerprint density at radius 3 is 2.95 bits per heavy atom. The number of para-hydroxylation sites is 1. The summed E-state index contributed by atoms with van der Waals surface area (Å²) in [6, 6.07) is 8.75. The van der Waals surface area contributed by atoms with Crippen LogP contribution in [0.2, 0.25) is 0 Å². The molecule has 3 rings (SSSR count). The van der Waals surface area contributed by atoms with Crippen LogP contribution in [0.5, 0.6) is 0 Å². The molecule has 0 aromatic heterocycles. The van der Waals surface area contributed by atoms with Gasteiger partial charge in [0.05, 0.1) is 12.2 Å². The molecule has 1 aromatic carbocycles. The van der Waals surface area contributed by atoms with Gasteiger partial charge < -0.3 is 10.2 Å². The third-order valence-corrected chi connectivity index (χ3v) is 4.97. The standard InChI is InChI=1S/C15H20N2OS/c18-15(11-16-12-5-1-2-6-12)17-9-10-19-14-8-4-3-7-13(14)17/h3-4,7-8,12,16H,1-2,5-6,9-11H2. The Kier molecular flexibility index (Phi) is 4.09. The maximum atomic E-state index is 12.4. The van der Waals surface area contributed by atoms with Gasteiger partial charge in [-0.1, -0.05) is 25.0 Å². The third-order valence-electron chi connectivity index (χ3n) is 3.93. The van der Waals surface area contributed by atoms with E-state index in [0.29, 0.717) is 12.6 Å². The number of hydrogen-bond acceptors (Lipinski definition) is 3. The number of benzene rings is 1. The maximum Gasteiger partial charge on any atom is 0.241 e. The monoisotopic (exact) mass is 276 g/mol. The predicted molar refractivity (Wildman–Crippen MR) is 79.8 cm³/mol. The van der Waals surface area contributed by atoms with Crippen LogP contribution in [0.4, 0.5) is 5.69 Å². The lowest BCUT2D eigenvalue weighted by atomic mass is 10.2. The molecule has 1 amide bonds. The lowest BCUT2D eigenvalue weighted by Gasteiger charge is -2.29. The van der Waals surface area contributed by atoms with Gasteiger partial charge in [-0.25, -0.2) is 0 Å². The number of carbonyl (C=O) groups is 1. The highest BCUT2D eigenvalue weighted by Crippen LogP contribution is 2.34. The van der Waals surface area contributed by atoms with Crippen LogP contribution in [-0.4, -0.2) is 30.8 Å². The number of thioether (sulfide) groups is 1. The zero-order chi connectivity index (χ0) is 13.1. The summed E-state index contributed by atoms with van der Waals surface area (Å²) >= 11 is 1.84. The number of nitrogens with zero attached hydrogens (tertiary/aromatic N) is 1. The fourth-order valence-corrected chi connectivity index (χ4v) is 3.88. The topological polar surface area (TPSA) is 32.3 Å². The van der Waals surface area contributed by atoms with E-state index < -0.39 is 0 Å². The van der Waals surface area contributed by atoms with Crippen LogP contribution in [0, 0.1) is 0 Å². The van der Waals surface area contributed by atoms with Crippen LogP contribution in [0.1, 0.15) is 25.7 Å². The number of nitrogens with one attached hydrogen (secondary N) is 1. The summed E-state index contributed by atoms with van der Waals surface area (Å²) in [5.74, 6) is 1.20. The number of hydrogen-bond donors (Lipinski definition) is 1. The molecule has 0 spiro atoms. The van der Waals surface area contributed by atoms with Crippen molar-refractivity contribution in [2.24, 2.45) is 0 Å². The van der Waals surface area contributed by atoms with E-state index in [1.54, 1.807) is 0 Å². The van der Waals surface area contributed by atoms with Gasteiger partial charge in [0.1, 0.15) is 0 Å². The zero-order valence-electron chi connectivity index (χ0n) is 11.1. The van der Waals surface area contributed by atoms with Gasteiger partial charge in [-0.15, -0.1) is 11.8 Å². The molecule has 0 saturated heterocycles. The quantitative estimate of drug-likeness (QED) is 0.921. The molecule has 0 bridgehead atoms. The van der Waals surface area contributed by atoms with E-state index in [9.17, 15) is 4.79 Å². The number of anilines is 1. The summed E-state index contributed by atoms with van der Waals surface area (Å²) in [6.07, 6.45) is 5.05. The van der Waals surface area contributed by atoms with Gasteiger partial charge in [-0.2, -0.15) is 0 Å². The van der Waals surface area contributed by atoms with Crippen molar-refractivity contribution in [1.29, 1.82) is 0 Å². The third kappa shape index (κ3) is 2.95. The summed E-state index contributed by atoms with van der Waals surface area (Å²) in [5, 5.41) is 3.41. The zero-order valence-corrected chi connectivity index (χ0v) is 11.9. The lowest BCUT2D eigenvalue weighted by Crippen LogP contribution is -2.43. The first kappa shape index (κ1) is 13.0. The van der Waals surface area contributed by atoms with Crippen molar-refractivity contribution < 1.29 is 4.79 Å². The van der Waals surface area contributed by atoms with Gasteiger partial charge in [0.15, 0.2) is 0 Å². The summed E-state index contributed by atoms with van der Waals surface area (Å²) in [5.41, 5.74) is 1.08. The minimum atomic E-state index is 0.208. The van der Waals surface area contributed by atoms with Crippen molar-refractivity contribution in [2.75, 3.05) is 23.7 Å². The molecule has 102 valence electrons. The van der Waals surface area contributed by atoms with E-state index in [2.05, 4.69) is 17.4 Å². The first-order chi connectivity index (χ1) is 9.34. The normalized spacial score (nSPS) is 19.5. The molecule has 4 heteroatoms. The van der Waals surface area contributed by atoms with Gasteiger partial charge in [0.25, 0.3) is 0 Å². The molecule has 1 N–H and O–H groups in total. The highest BCUT2D eigenvalue weighted by Gasteiger charge is 2.23.